The molecule has 138 valence electrons. The quantitative estimate of drug-likeness (QED) is 0.763. The second-order valence-electron chi connectivity index (χ2n) is 6.39. The normalized spacial score (nSPS) is 15.2. The number of carbonyl (C=O) groups is 1. The molecule has 0 bridgehead atoms. The lowest BCUT2D eigenvalue weighted by atomic mass is 10.1. The highest BCUT2D eigenvalue weighted by atomic mass is 32.2. The van der Waals surface area contributed by atoms with Gasteiger partial charge in [0.05, 0.1) is 12.4 Å². The molecule has 0 unspecified atom stereocenters. The fourth-order valence-corrected chi connectivity index (χ4v) is 3.81. The van der Waals surface area contributed by atoms with E-state index in [2.05, 4.69) is 24.4 Å². The Hall–Kier alpha value is -2.14. The molecule has 2 aromatic rings. The third kappa shape index (κ3) is 4.94. The van der Waals surface area contributed by atoms with Crippen LogP contribution >= 0.6 is 11.8 Å². The predicted molar refractivity (Wildman–Crippen MR) is 106 cm³/mol. The number of fused-ring (bicyclic) bond motifs is 1. The monoisotopic (exact) mass is 371 g/mol. The third-order valence-corrected chi connectivity index (χ3v) is 5.20. The number of benzene rings is 2. The van der Waals surface area contributed by atoms with Crippen LogP contribution < -0.4 is 14.8 Å². The van der Waals surface area contributed by atoms with Crippen molar-refractivity contribution >= 4 is 17.7 Å². The summed E-state index contributed by atoms with van der Waals surface area (Å²) in [5, 5.41) is 2.99. The van der Waals surface area contributed by atoms with Gasteiger partial charge >= 0.3 is 0 Å². The van der Waals surface area contributed by atoms with Gasteiger partial charge in [-0.1, -0.05) is 30.3 Å². The summed E-state index contributed by atoms with van der Waals surface area (Å²) in [6.07, 6.45) is 1.09. The summed E-state index contributed by atoms with van der Waals surface area (Å²) < 4.78 is 11.6. The molecule has 3 rings (SSSR count). The van der Waals surface area contributed by atoms with Gasteiger partial charge in [0.15, 0.2) is 0 Å². The zero-order valence-electron chi connectivity index (χ0n) is 15.3. The maximum atomic E-state index is 12.2. The maximum Gasteiger partial charge on any atom is 0.230 e. The van der Waals surface area contributed by atoms with Crippen LogP contribution in [-0.4, -0.2) is 24.4 Å². The summed E-state index contributed by atoms with van der Waals surface area (Å²) in [4.78, 5) is 12.2. The van der Waals surface area contributed by atoms with E-state index in [1.165, 1.54) is 11.1 Å². The number of carbonyl (C=O) groups excluding carboxylic acids is 1. The maximum absolute atomic E-state index is 12.2. The van der Waals surface area contributed by atoms with Gasteiger partial charge < -0.3 is 14.8 Å². The van der Waals surface area contributed by atoms with Crippen LogP contribution in [0.4, 0.5) is 0 Å². The molecule has 1 amide bonds. The molecule has 1 heterocycles. The molecule has 0 spiro atoms. The fourth-order valence-electron chi connectivity index (χ4n) is 2.99. The van der Waals surface area contributed by atoms with Crippen molar-refractivity contribution in [1.29, 1.82) is 0 Å². The molecular formula is C21H25NO3S. The van der Waals surface area contributed by atoms with Crippen molar-refractivity contribution in [2.24, 2.45) is 0 Å². The largest absolute Gasteiger partial charge is 0.494 e. The molecule has 1 N–H and O–H groups in total. The number of thioether (sulfide) groups is 1. The van der Waals surface area contributed by atoms with E-state index >= 15 is 0 Å². The minimum atomic E-state index is 0.0307. The molecule has 4 nitrogen and oxygen atoms in total. The van der Waals surface area contributed by atoms with Gasteiger partial charge in [-0.2, -0.15) is 0 Å². The Kier molecular flexibility index (Phi) is 6.45. The summed E-state index contributed by atoms with van der Waals surface area (Å²) in [5.74, 6) is 3.05. The summed E-state index contributed by atoms with van der Waals surface area (Å²) in [6.45, 7) is 5.08. The van der Waals surface area contributed by atoms with Crippen LogP contribution in [0.2, 0.25) is 0 Å². The summed E-state index contributed by atoms with van der Waals surface area (Å²) >= 11 is 1.62. The molecule has 0 aliphatic carbocycles. The first-order valence-electron chi connectivity index (χ1n) is 8.99. The topological polar surface area (TPSA) is 47.6 Å². The minimum Gasteiger partial charge on any atom is -0.494 e. The van der Waals surface area contributed by atoms with Crippen LogP contribution in [0.3, 0.4) is 0 Å². The SMILES string of the molecule is CCOc1cc2c(cc1CNC(=O)CSCc1ccccc1)O[C@@H](C)C2. The van der Waals surface area contributed by atoms with Crippen LogP contribution in [0.15, 0.2) is 42.5 Å². The highest BCUT2D eigenvalue weighted by molar-refractivity contribution is 7.99. The smallest absolute Gasteiger partial charge is 0.230 e. The first-order valence-corrected chi connectivity index (χ1v) is 10.1. The van der Waals surface area contributed by atoms with E-state index in [4.69, 9.17) is 9.47 Å². The Labute approximate surface area is 159 Å². The number of rotatable bonds is 8. The molecule has 5 heteroatoms. The standard InChI is InChI=1S/C21H25NO3S/c1-3-24-19-10-17-9-15(2)25-20(17)11-18(19)12-22-21(23)14-26-13-16-7-5-4-6-8-16/h4-8,10-11,15H,3,9,12-14H2,1-2H3,(H,22,23)/t15-/m0/s1. The Bertz CT molecular complexity index is 748. The zero-order chi connectivity index (χ0) is 18.4. The van der Waals surface area contributed by atoms with E-state index in [-0.39, 0.29) is 12.0 Å². The van der Waals surface area contributed by atoms with Crippen molar-refractivity contribution in [3.8, 4) is 11.5 Å². The van der Waals surface area contributed by atoms with Crippen molar-refractivity contribution in [2.75, 3.05) is 12.4 Å². The zero-order valence-corrected chi connectivity index (χ0v) is 16.1. The second-order valence-corrected chi connectivity index (χ2v) is 7.37. The molecule has 1 aliphatic heterocycles. The van der Waals surface area contributed by atoms with Gasteiger partial charge in [-0.05, 0) is 31.5 Å². The van der Waals surface area contributed by atoms with E-state index in [1.54, 1.807) is 11.8 Å². The highest BCUT2D eigenvalue weighted by Gasteiger charge is 2.22. The fraction of sp³-hybridized carbons (Fsp3) is 0.381. The van der Waals surface area contributed by atoms with Gasteiger partial charge in [-0.25, -0.2) is 0 Å². The highest BCUT2D eigenvalue weighted by Crippen LogP contribution is 2.35. The van der Waals surface area contributed by atoms with Gasteiger partial charge in [-0.15, -0.1) is 11.8 Å². The molecule has 0 aromatic heterocycles. The van der Waals surface area contributed by atoms with Gasteiger partial charge in [-0.3, -0.25) is 4.79 Å². The van der Waals surface area contributed by atoms with Gasteiger partial charge in [0, 0.05) is 29.8 Å². The lowest BCUT2D eigenvalue weighted by Crippen LogP contribution is -2.25. The molecule has 0 radical (unpaired) electrons. The summed E-state index contributed by atoms with van der Waals surface area (Å²) in [7, 11) is 0. The van der Waals surface area contributed by atoms with Crippen LogP contribution in [0.5, 0.6) is 11.5 Å². The summed E-state index contributed by atoms with van der Waals surface area (Å²) in [6, 6.07) is 14.2. The van der Waals surface area contributed by atoms with Crippen molar-refractivity contribution in [2.45, 2.75) is 38.7 Å². The van der Waals surface area contributed by atoms with E-state index < -0.39 is 0 Å². The van der Waals surface area contributed by atoms with E-state index in [1.807, 2.05) is 37.3 Å². The van der Waals surface area contributed by atoms with Crippen LogP contribution in [0, 0.1) is 0 Å². The Morgan fingerprint density at radius 1 is 1.31 bits per heavy atom. The Balaban J connectivity index is 1.53. The van der Waals surface area contributed by atoms with E-state index in [9.17, 15) is 4.79 Å². The number of hydrogen-bond acceptors (Lipinski definition) is 4. The summed E-state index contributed by atoms with van der Waals surface area (Å²) in [5.41, 5.74) is 3.37. The van der Waals surface area contributed by atoms with Crippen molar-refractivity contribution < 1.29 is 14.3 Å². The van der Waals surface area contributed by atoms with E-state index in [0.717, 1.165) is 29.2 Å². The lowest BCUT2D eigenvalue weighted by molar-refractivity contribution is -0.118. The number of hydrogen-bond donors (Lipinski definition) is 1. The first-order chi connectivity index (χ1) is 12.7. The van der Waals surface area contributed by atoms with E-state index in [0.29, 0.717) is 18.9 Å². The third-order valence-electron chi connectivity index (χ3n) is 4.20. The van der Waals surface area contributed by atoms with Crippen LogP contribution in [0.25, 0.3) is 0 Å². The lowest BCUT2D eigenvalue weighted by Gasteiger charge is -2.13. The molecule has 2 aromatic carbocycles. The number of nitrogens with one attached hydrogen (secondary N) is 1. The van der Waals surface area contributed by atoms with Crippen molar-refractivity contribution in [1.82, 2.24) is 5.32 Å². The molecule has 26 heavy (non-hydrogen) atoms. The molecule has 0 saturated heterocycles. The molecule has 0 fully saturated rings. The van der Waals surface area contributed by atoms with Gasteiger partial charge in [0.1, 0.15) is 17.6 Å². The average molecular weight is 372 g/mol. The molecular weight excluding hydrogens is 346 g/mol. The van der Waals surface area contributed by atoms with Crippen LogP contribution in [-0.2, 0) is 23.5 Å². The Morgan fingerprint density at radius 2 is 2.12 bits per heavy atom. The first kappa shape index (κ1) is 18.6. The van der Waals surface area contributed by atoms with Crippen LogP contribution in [0.1, 0.15) is 30.5 Å². The predicted octanol–water partition coefficient (Wildman–Crippen LogP) is 3.96. The minimum absolute atomic E-state index is 0.0307. The van der Waals surface area contributed by atoms with Crippen molar-refractivity contribution in [3.05, 3.63) is 59.2 Å². The molecule has 1 atom stereocenters. The second kappa shape index (κ2) is 8.99. The van der Waals surface area contributed by atoms with Gasteiger partial charge in [0.2, 0.25) is 5.91 Å². The number of amides is 1. The van der Waals surface area contributed by atoms with Gasteiger partial charge in [0.25, 0.3) is 0 Å². The average Bonchev–Trinajstić information content (AvgIpc) is 3.00. The van der Waals surface area contributed by atoms with Crippen molar-refractivity contribution in [3.63, 3.8) is 0 Å². The number of ether oxygens (including phenoxy) is 2. The molecule has 0 saturated carbocycles. The Morgan fingerprint density at radius 3 is 2.88 bits per heavy atom. The molecule has 1 aliphatic rings.